The van der Waals surface area contributed by atoms with Gasteiger partial charge >= 0.3 is 0 Å². The number of nitrogens with zero attached hydrogens (tertiary/aromatic N) is 2. The van der Waals surface area contributed by atoms with Crippen LogP contribution in [-0.2, 0) is 0 Å². The number of likely N-dealkylation sites (N-methyl/N-ethyl adjacent to an activating group) is 1. The van der Waals surface area contributed by atoms with Gasteiger partial charge in [-0.2, -0.15) is 0 Å². The minimum Gasteiger partial charge on any atom is -0.397 e. The summed E-state index contributed by atoms with van der Waals surface area (Å²) in [7, 11) is 2.15. The molecule has 1 heterocycles. The predicted octanol–water partition coefficient (Wildman–Crippen LogP) is 1.07. The maximum atomic E-state index is 12.9. The largest absolute Gasteiger partial charge is 0.397 e. The molecule has 18 heavy (non-hydrogen) atoms. The van der Waals surface area contributed by atoms with Crippen molar-refractivity contribution in [3.8, 4) is 0 Å². The van der Waals surface area contributed by atoms with Gasteiger partial charge in [0.05, 0.1) is 11.4 Å². The standard InChI is InChI=1S/C13H21FN4/c1-17-6-8-18(9-7-17)5-4-16-13-3-2-11(14)10-12(13)15/h2-3,10,16H,4-9,15H2,1H3. The lowest BCUT2D eigenvalue weighted by Crippen LogP contribution is -2.45. The van der Waals surface area contributed by atoms with Crippen LogP contribution < -0.4 is 11.1 Å². The summed E-state index contributed by atoms with van der Waals surface area (Å²) in [5.74, 6) is -0.294. The summed E-state index contributed by atoms with van der Waals surface area (Å²) in [6, 6.07) is 4.46. The van der Waals surface area contributed by atoms with E-state index in [-0.39, 0.29) is 5.82 Å². The first-order valence-corrected chi connectivity index (χ1v) is 6.35. The first kappa shape index (κ1) is 13.1. The Bertz CT molecular complexity index is 389. The van der Waals surface area contributed by atoms with Crippen LogP contribution in [0.1, 0.15) is 0 Å². The Morgan fingerprint density at radius 1 is 1.28 bits per heavy atom. The highest BCUT2D eigenvalue weighted by molar-refractivity contribution is 5.65. The topological polar surface area (TPSA) is 44.5 Å². The highest BCUT2D eigenvalue weighted by Crippen LogP contribution is 2.18. The lowest BCUT2D eigenvalue weighted by molar-refractivity contribution is 0.158. The molecule has 1 fully saturated rings. The number of anilines is 2. The molecule has 0 saturated carbocycles. The van der Waals surface area contributed by atoms with Crippen LogP contribution in [0.2, 0.25) is 0 Å². The van der Waals surface area contributed by atoms with Crippen LogP contribution in [0, 0.1) is 5.82 Å². The Morgan fingerprint density at radius 2 is 2.00 bits per heavy atom. The average Bonchev–Trinajstić information content (AvgIpc) is 2.34. The smallest absolute Gasteiger partial charge is 0.125 e. The van der Waals surface area contributed by atoms with E-state index in [2.05, 4.69) is 22.2 Å². The molecule has 0 atom stereocenters. The molecule has 0 unspecified atom stereocenters. The highest BCUT2D eigenvalue weighted by Gasteiger charge is 2.12. The van der Waals surface area contributed by atoms with Gasteiger partial charge in [0.25, 0.3) is 0 Å². The zero-order valence-corrected chi connectivity index (χ0v) is 10.8. The molecule has 1 aliphatic rings. The number of nitrogens with two attached hydrogens (primary N) is 1. The summed E-state index contributed by atoms with van der Waals surface area (Å²) in [5.41, 5.74) is 7.01. The third-order valence-electron chi connectivity index (χ3n) is 3.35. The van der Waals surface area contributed by atoms with Crippen LogP contribution in [0.25, 0.3) is 0 Å². The Morgan fingerprint density at radius 3 is 2.67 bits per heavy atom. The Labute approximate surface area is 108 Å². The van der Waals surface area contributed by atoms with Crippen molar-refractivity contribution in [1.29, 1.82) is 0 Å². The van der Waals surface area contributed by atoms with E-state index in [9.17, 15) is 4.39 Å². The fourth-order valence-electron chi connectivity index (χ4n) is 2.11. The summed E-state index contributed by atoms with van der Waals surface area (Å²) in [6.07, 6.45) is 0. The molecule has 1 aromatic rings. The number of piperazine rings is 1. The van der Waals surface area contributed by atoms with E-state index in [0.717, 1.165) is 45.0 Å². The normalized spacial score (nSPS) is 17.9. The minimum atomic E-state index is -0.294. The predicted molar refractivity (Wildman–Crippen MR) is 73.2 cm³/mol. The number of benzene rings is 1. The zero-order valence-electron chi connectivity index (χ0n) is 10.8. The third-order valence-corrected chi connectivity index (χ3v) is 3.35. The minimum absolute atomic E-state index is 0.294. The molecule has 2 rings (SSSR count). The van der Waals surface area contributed by atoms with Crippen molar-refractivity contribution in [2.24, 2.45) is 0 Å². The van der Waals surface area contributed by atoms with Gasteiger partial charge in [-0.1, -0.05) is 0 Å². The van der Waals surface area contributed by atoms with E-state index in [1.54, 1.807) is 6.07 Å². The summed E-state index contributed by atoms with van der Waals surface area (Å²) >= 11 is 0. The van der Waals surface area contributed by atoms with Crippen LogP contribution >= 0.6 is 0 Å². The first-order chi connectivity index (χ1) is 8.65. The van der Waals surface area contributed by atoms with Gasteiger partial charge in [0, 0.05) is 39.3 Å². The van der Waals surface area contributed by atoms with Gasteiger partial charge in [-0.15, -0.1) is 0 Å². The van der Waals surface area contributed by atoms with E-state index in [1.807, 2.05) is 0 Å². The maximum absolute atomic E-state index is 12.9. The van der Waals surface area contributed by atoms with E-state index < -0.39 is 0 Å². The van der Waals surface area contributed by atoms with E-state index in [0.29, 0.717) is 5.69 Å². The lowest BCUT2D eigenvalue weighted by atomic mass is 10.2. The molecule has 0 aliphatic carbocycles. The van der Waals surface area contributed by atoms with Crippen molar-refractivity contribution in [2.45, 2.75) is 0 Å². The molecular weight excluding hydrogens is 231 g/mol. The van der Waals surface area contributed by atoms with Gasteiger partial charge < -0.3 is 16.0 Å². The van der Waals surface area contributed by atoms with Gasteiger partial charge in [0.2, 0.25) is 0 Å². The summed E-state index contributed by atoms with van der Waals surface area (Å²) in [6.45, 7) is 6.29. The summed E-state index contributed by atoms with van der Waals surface area (Å²) in [4.78, 5) is 4.76. The van der Waals surface area contributed by atoms with Gasteiger partial charge in [-0.3, -0.25) is 4.90 Å². The molecule has 5 heteroatoms. The molecule has 1 aliphatic heterocycles. The summed E-state index contributed by atoms with van der Waals surface area (Å²) in [5, 5.41) is 3.25. The highest BCUT2D eigenvalue weighted by atomic mass is 19.1. The maximum Gasteiger partial charge on any atom is 0.125 e. The van der Waals surface area contributed by atoms with Crippen molar-refractivity contribution < 1.29 is 4.39 Å². The molecule has 0 aromatic heterocycles. The summed E-state index contributed by atoms with van der Waals surface area (Å²) < 4.78 is 12.9. The van der Waals surface area contributed by atoms with Gasteiger partial charge in [-0.05, 0) is 25.2 Å². The second kappa shape index (κ2) is 6.02. The van der Waals surface area contributed by atoms with Crippen LogP contribution in [0.5, 0.6) is 0 Å². The van der Waals surface area contributed by atoms with E-state index >= 15 is 0 Å². The van der Waals surface area contributed by atoms with Crippen molar-refractivity contribution in [1.82, 2.24) is 9.80 Å². The SMILES string of the molecule is CN1CCN(CCNc2ccc(F)cc2N)CC1. The molecule has 100 valence electrons. The zero-order chi connectivity index (χ0) is 13.0. The van der Waals surface area contributed by atoms with Crippen molar-refractivity contribution in [2.75, 3.05) is 57.4 Å². The molecule has 1 saturated heterocycles. The third kappa shape index (κ3) is 3.58. The Hall–Kier alpha value is -1.33. The van der Waals surface area contributed by atoms with E-state index in [1.165, 1.54) is 12.1 Å². The fraction of sp³-hybridized carbons (Fsp3) is 0.538. The second-order valence-electron chi connectivity index (χ2n) is 4.80. The lowest BCUT2D eigenvalue weighted by Gasteiger charge is -2.32. The molecule has 3 N–H and O–H groups in total. The number of halogens is 1. The van der Waals surface area contributed by atoms with Crippen LogP contribution in [-0.4, -0.2) is 56.1 Å². The fourth-order valence-corrected chi connectivity index (χ4v) is 2.11. The molecule has 0 spiro atoms. The number of hydrogen-bond donors (Lipinski definition) is 2. The van der Waals surface area contributed by atoms with Crippen LogP contribution in [0.3, 0.4) is 0 Å². The number of nitrogens with one attached hydrogen (secondary N) is 1. The van der Waals surface area contributed by atoms with Crippen molar-refractivity contribution in [3.05, 3.63) is 24.0 Å². The number of hydrogen-bond acceptors (Lipinski definition) is 4. The van der Waals surface area contributed by atoms with E-state index in [4.69, 9.17) is 5.73 Å². The van der Waals surface area contributed by atoms with Crippen LogP contribution in [0.4, 0.5) is 15.8 Å². The van der Waals surface area contributed by atoms with Gasteiger partial charge in [0.15, 0.2) is 0 Å². The van der Waals surface area contributed by atoms with Gasteiger partial charge in [-0.25, -0.2) is 4.39 Å². The molecular formula is C13H21FN4. The molecule has 0 radical (unpaired) electrons. The Kier molecular flexibility index (Phi) is 4.38. The first-order valence-electron chi connectivity index (χ1n) is 6.35. The van der Waals surface area contributed by atoms with Crippen molar-refractivity contribution in [3.63, 3.8) is 0 Å². The van der Waals surface area contributed by atoms with Gasteiger partial charge in [0.1, 0.15) is 5.82 Å². The second-order valence-corrected chi connectivity index (χ2v) is 4.80. The molecule has 0 bridgehead atoms. The van der Waals surface area contributed by atoms with Crippen molar-refractivity contribution >= 4 is 11.4 Å². The average molecular weight is 252 g/mol. The quantitative estimate of drug-likeness (QED) is 0.787. The molecule has 4 nitrogen and oxygen atoms in total. The molecule has 0 amide bonds. The van der Waals surface area contributed by atoms with Crippen LogP contribution in [0.15, 0.2) is 18.2 Å². The Balaban J connectivity index is 1.75. The molecule has 1 aromatic carbocycles. The number of rotatable bonds is 4. The number of nitrogen functional groups attached to an aromatic ring is 1. The monoisotopic (exact) mass is 252 g/mol.